The van der Waals surface area contributed by atoms with E-state index < -0.39 is 16.2 Å². The summed E-state index contributed by atoms with van der Waals surface area (Å²) in [4.78, 5) is 26.3. The molecule has 6 aliphatic rings. The Bertz CT molecular complexity index is 820. The molecule has 2 heterocycles. The highest BCUT2D eigenvalue weighted by molar-refractivity contribution is 9.10. The smallest absolute Gasteiger partial charge is 0.194 e. The molecular weight excluding hydrogens is 400 g/mol. The summed E-state index contributed by atoms with van der Waals surface area (Å²) >= 11 is 3.92. The summed E-state index contributed by atoms with van der Waals surface area (Å²) in [6, 6.07) is 0. The number of carbonyl (C=O) groups is 2. The van der Waals surface area contributed by atoms with Crippen LogP contribution < -0.4 is 0 Å². The highest BCUT2D eigenvalue weighted by Crippen LogP contribution is 2.71. The molecule has 0 amide bonds. The van der Waals surface area contributed by atoms with E-state index >= 15 is 0 Å². The van der Waals surface area contributed by atoms with E-state index in [0.29, 0.717) is 19.6 Å². The van der Waals surface area contributed by atoms with E-state index in [1.54, 1.807) is 0 Å². The Morgan fingerprint density at radius 2 is 1.85 bits per heavy atom. The molecule has 2 aliphatic heterocycles. The molecule has 0 N–H and O–H groups in total. The maximum Gasteiger partial charge on any atom is 0.194 e. The Kier molecular flexibility index (Phi) is 2.79. The zero-order chi connectivity index (χ0) is 18.1. The second-order valence-corrected chi connectivity index (χ2v) is 10.6. The Labute approximate surface area is 160 Å². The molecule has 3 fully saturated rings. The quantitative estimate of drug-likeness (QED) is 0.445. The van der Waals surface area contributed by atoms with Crippen LogP contribution in [0.15, 0.2) is 23.5 Å². The number of allylic oxidation sites excluding steroid dienone is 1. The number of rotatable bonds is 0. The summed E-state index contributed by atoms with van der Waals surface area (Å²) in [5.74, 6) is -0.409. The Hall–Kier alpha value is -0.980. The van der Waals surface area contributed by atoms with Crippen molar-refractivity contribution in [2.24, 2.45) is 29.1 Å². The van der Waals surface area contributed by atoms with Crippen molar-refractivity contribution >= 4 is 27.5 Å². The first-order chi connectivity index (χ1) is 12.3. The number of ether oxygens (including phenoxy) is 3. The second-order valence-electron chi connectivity index (χ2n) is 9.31. The van der Waals surface area contributed by atoms with E-state index in [1.807, 2.05) is 0 Å². The summed E-state index contributed by atoms with van der Waals surface area (Å²) in [5.41, 5.74) is 0.652. The van der Waals surface area contributed by atoms with Crippen molar-refractivity contribution in [1.29, 1.82) is 0 Å². The number of hydrogen-bond donors (Lipinski definition) is 0. The number of halogens is 1. The number of alkyl halides is 1. The Morgan fingerprint density at radius 1 is 1.12 bits per heavy atom. The van der Waals surface area contributed by atoms with Crippen LogP contribution in [-0.2, 0) is 23.8 Å². The van der Waals surface area contributed by atoms with E-state index in [4.69, 9.17) is 14.2 Å². The predicted molar refractivity (Wildman–Crippen MR) is 94.3 cm³/mol. The van der Waals surface area contributed by atoms with Gasteiger partial charge in [0.05, 0.1) is 13.2 Å². The lowest BCUT2D eigenvalue weighted by molar-refractivity contribution is -0.181. The molecule has 5 nitrogen and oxygen atoms in total. The van der Waals surface area contributed by atoms with Crippen LogP contribution in [0.25, 0.3) is 0 Å². The molecule has 4 aliphatic carbocycles. The van der Waals surface area contributed by atoms with Crippen molar-refractivity contribution in [2.45, 2.75) is 42.9 Å². The Morgan fingerprint density at radius 3 is 2.58 bits per heavy atom. The Balaban J connectivity index is 1.50. The summed E-state index contributed by atoms with van der Waals surface area (Å²) < 4.78 is 17.8. The van der Waals surface area contributed by atoms with Gasteiger partial charge >= 0.3 is 0 Å². The molecule has 0 aromatic carbocycles. The normalized spacial score (nSPS) is 49.0. The van der Waals surface area contributed by atoms with Crippen molar-refractivity contribution in [3.05, 3.63) is 23.5 Å². The minimum absolute atomic E-state index is 0.0641. The molecule has 1 saturated heterocycles. The lowest BCUT2D eigenvalue weighted by atomic mass is 9.70. The predicted octanol–water partition coefficient (Wildman–Crippen LogP) is 2.54. The molecule has 6 rings (SSSR count). The van der Waals surface area contributed by atoms with Crippen molar-refractivity contribution in [3.63, 3.8) is 0 Å². The fourth-order valence-electron chi connectivity index (χ4n) is 6.53. The van der Waals surface area contributed by atoms with Gasteiger partial charge in [0.1, 0.15) is 10.1 Å². The summed E-state index contributed by atoms with van der Waals surface area (Å²) in [7, 11) is 0. The van der Waals surface area contributed by atoms with E-state index in [9.17, 15) is 9.59 Å². The van der Waals surface area contributed by atoms with Gasteiger partial charge in [-0.25, -0.2) is 0 Å². The molecule has 6 heteroatoms. The van der Waals surface area contributed by atoms with Crippen molar-refractivity contribution in [1.82, 2.24) is 0 Å². The third-order valence-electron chi connectivity index (χ3n) is 7.30. The first-order valence-electron chi connectivity index (χ1n) is 9.42. The van der Waals surface area contributed by atoms with E-state index in [1.165, 1.54) is 0 Å². The largest absolute Gasteiger partial charge is 0.486 e. The van der Waals surface area contributed by atoms with Crippen molar-refractivity contribution in [3.8, 4) is 0 Å². The monoisotopic (exact) mass is 420 g/mol. The average molecular weight is 421 g/mol. The van der Waals surface area contributed by atoms with Crippen LogP contribution in [0, 0.1) is 29.1 Å². The summed E-state index contributed by atoms with van der Waals surface area (Å²) in [5, 5.41) is 0. The van der Waals surface area contributed by atoms with E-state index in [2.05, 4.69) is 41.9 Å². The van der Waals surface area contributed by atoms with Gasteiger partial charge in [0, 0.05) is 42.1 Å². The minimum Gasteiger partial charge on any atom is -0.486 e. The molecule has 0 aromatic heterocycles. The maximum absolute atomic E-state index is 13.3. The summed E-state index contributed by atoms with van der Waals surface area (Å²) in [6.07, 6.45) is 4.86. The minimum atomic E-state index is -0.816. The maximum atomic E-state index is 13.3. The molecule has 2 saturated carbocycles. The molecule has 0 radical (unpaired) electrons. The van der Waals surface area contributed by atoms with Gasteiger partial charge in [-0.1, -0.05) is 41.9 Å². The molecule has 0 aromatic rings. The van der Waals surface area contributed by atoms with Gasteiger partial charge in [0.15, 0.2) is 23.5 Å². The van der Waals surface area contributed by atoms with Crippen LogP contribution in [0.3, 0.4) is 0 Å². The number of hydrogen-bond acceptors (Lipinski definition) is 5. The van der Waals surface area contributed by atoms with Crippen LogP contribution in [0.1, 0.15) is 26.7 Å². The van der Waals surface area contributed by atoms with Crippen molar-refractivity contribution < 1.29 is 23.8 Å². The van der Waals surface area contributed by atoms with Crippen LogP contribution in [0.2, 0.25) is 0 Å². The van der Waals surface area contributed by atoms with E-state index in [0.717, 1.165) is 17.8 Å². The number of Topliss-reactive ketones (excluding diaryl/α,β-unsaturated/α-hetero) is 2. The number of ketones is 2. The second kappa shape index (κ2) is 4.53. The zero-order valence-electron chi connectivity index (χ0n) is 14.8. The topological polar surface area (TPSA) is 61.8 Å². The first kappa shape index (κ1) is 16.0. The zero-order valence-corrected chi connectivity index (χ0v) is 16.4. The van der Waals surface area contributed by atoms with Gasteiger partial charge in [-0.05, 0) is 5.41 Å². The highest BCUT2D eigenvalue weighted by Gasteiger charge is 2.80. The van der Waals surface area contributed by atoms with Crippen LogP contribution in [-0.4, -0.2) is 41.0 Å². The molecule has 0 unspecified atom stereocenters. The fraction of sp³-hybridized carbons (Fsp3) is 0.700. The molecular formula is C20H21BrO5. The lowest BCUT2D eigenvalue weighted by Gasteiger charge is -2.39. The van der Waals surface area contributed by atoms with E-state index in [-0.39, 0.29) is 40.7 Å². The van der Waals surface area contributed by atoms with Gasteiger partial charge in [0.25, 0.3) is 0 Å². The van der Waals surface area contributed by atoms with Crippen molar-refractivity contribution in [2.75, 3.05) is 13.2 Å². The first-order valence-corrected chi connectivity index (χ1v) is 10.2. The molecule has 1 spiro atoms. The molecule has 6 atom stereocenters. The van der Waals surface area contributed by atoms with Gasteiger partial charge in [0.2, 0.25) is 0 Å². The standard InChI is InChI=1S/C20H21BrO5/c1-18(2)7-10(22)13-11(8-18)26-17-14(13)15-12(16(17)23)9-3-4-19(15,21)20(9)24-5-6-25-20/h3-4,9,12,14-15,17H,5-8H2,1-2H3/t9-,12+,14+,15-,17+,19-/m0/s1. The lowest BCUT2D eigenvalue weighted by Crippen LogP contribution is -2.51. The van der Waals surface area contributed by atoms with Gasteiger partial charge < -0.3 is 14.2 Å². The summed E-state index contributed by atoms with van der Waals surface area (Å²) in [6.45, 7) is 5.23. The van der Waals surface area contributed by atoms with Gasteiger partial charge in [-0.15, -0.1) is 0 Å². The van der Waals surface area contributed by atoms with Crippen LogP contribution in [0.5, 0.6) is 0 Å². The van der Waals surface area contributed by atoms with Gasteiger partial charge in [-0.2, -0.15) is 0 Å². The molecule has 138 valence electrons. The fourth-order valence-corrected chi connectivity index (χ4v) is 7.75. The van der Waals surface area contributed by atoms with Gasteiger partial charge in [-0.3, -0.25) is 9.59 Å². The highest BCUT2D eigenvalue weighted by atomic mass is 79.9. The average Bonchev–Trinajstić information content (AvgIpc) is 3.30. The third-order valence-corrected chi connectivity index (χ3v) is 8.64. The van der Waals surface area contributed by atoms with Crippen LogP contribution in [0.4, 0.5) is 0 Å². The van der Waals surface area contributed by atoms with Crippen LogP contribution >= 0.6 is 15.9 Å². The third kappa shape index (κ3) is 1.54. The number of carbonyl (C=O) groups excluding carboxylic acids is 2. The number of fused-ring (bicyclic) bond motifs is 6. The molecule has 26 heavy (non-hydrogen) atoms. The SMILES string of the molecule is CC1(C)CC(=O)C2=C(C1)O[C@H]1C(=O)[C@H]3[C@@H]([C@@H]21)[C@@]1(Br)C=C[C@@H]3C12OCCO2. The molecule has 2 bridgehead atoms.